The summed E-state index contributed by atoms with van der Waals surface area (Å²) in [6.07, 6.45) is 0.513. The summed E-state index contributed by atoms with van der Waals surface area (Å²) in [6.45, 7) is 4.32. The molecular formula is C40H32N2O4. The van der Waals surface area contributed by atoms with Crippen molar-refractivity contribution in [2.45, 2.75) is 24.9 Å². The maximum atomic E-state index is 14.2. The molecule has 4 N–H and O–H groups in total. The van der Waals surface area contributed by atoms with E-state index < -0.39 is 23.9 Å². The Hall–Kier alpha value is -5.88. The van der Waals surface area contributed by atoms with Crippen molar-refractivity contribution in [1.82, 2.24) is 10.6 Å². The molecule has 7 rings (SSSR count). The molecule has 1 aliphatic rings. The zero-order valence-corrected chi connectivity index (χ0v) is 25.0. The predicted octanol–water partition coefficient (Wildman–Crippen LogP) is 7.70. The maximum absolute atomic E-state index is 14.2. The number of nitrogens with one attached hydrogen (secondary N) is 2. The van der Waals surface area contributed by atoms with Crippen LogP contribution in [0.2, 0.25) is 0 Å². The minimum atomic E-state index is -0.739. The monoisotopic (exact) mass is 604 g/mol. The summed E-state index contributed by atoms with van der Waals surface area (Å²) >= 11 is 0. The topological polar surface area (TPSA) is 98.7 Å². The zero-order valence-electron chi connectivity index (χ0n) is 25.0. The summed E-state index contributed by atoms with van der Waals surface area (Å²) in [7, 11) is 0. The second-order valence-electron chi connectivity index (χ2n) is 11.8. The van der Waals surface area contributed by atoms with Crippen LogP contribution in [0.15, 0.2) is 133 Å². The Morgan fingerprint density at radius 1 is 0.543 bits per heavy atom. The minimum absolute atomic E-state index is 0.123. The molecule has 6 aromatic carbocycles. The third kappa shape index (κ3) is 5.24. The van der Waals surface area contributed by atoms with Crippen molar-refractivity contribution >= 4 is 33.4 Å². The van der Waals surface area contributed by atoms with Crippen molar-refractivity contribution in [3.8, 4) is 11.5 Å². The average Bonchev–Trinajstić information content (AvgIpc) is 3.08. The van der Waals surface area contributed by atoms with Gasteiger partial charge in [-0.2, -0.15) is 0 Å². The molecule has 0 fully saturated rings. The van der Waals surface area contributed by atoms with Gasteiger partial charge in [0.1, 0.15) is 11.5 Å². The normalized spacial score (nSPS) is 17.2. The molecule has 46 heavy (non-hydrogen) atoms. The van der Waals surface area contributed by atoms with Crippen LogP contribution in [0.4, 0.5) is 0 Å². The third-order valence-electron chi connectivity index (χ3n) is 8.82. The lowest BCUT2D eigenvalue weighted by molar-refractivity contribution is 0.0878. The number of benzene rings is 6. The van der Waals surface area contributed by atoms with Crippen LogP contribution in [0.25, 0.3) is 21.5 Å². The van der Waals surface area contributed by atoms with E-state index in [9.17, 15) is 19.8 Å². The lowest BCUT2D eigenvalue weighted by atomic mass is 9.90. The Kier molecular flexibility index (Phi) is 7.47. The maximum Gasteiger partial charge on any atom is 0.255 e. The summed E-state index contributed by atoms with van der Waals surface area (Å²) in [6, 6.07) is 36.0. The summed E-state index contributed by atoms with van der Waals surface area (Å²) in [5.41, 5.74) is 3.63. The molecule has 2 amide bonds. The largest absolute Gasteiger partial charge is 0.507 e. The first-order valence-electron chi connectivity index (χ1n) is 15.2. The van der Waals surface area contributed by atoms with Gasteiger partial charge in [0.2, 0.25) is 0 Å². The number of carbonyl (C=O) groups excluding carboxylic acids is 2. The number of amides is 2. The summed E-state index contributed by atoms with van der Waals surface area (Å²) in [5.74, 6) is -1.21. The Balaban J connectivity index is 1.49. The quantitative estimate of drug-likeness (QED) is 0.152. The van der Waals surface area contributed by atoms with Crippen molar-refractivity contribution in [3.63, 3.8) is 0 Å². The fraction of sp³-hybridized carbons (Fsp3) is 0.100. The highest BCUT2D eigenvalue weighted by Crippen LogP contribution is 2.39. The number of carbonyl (C=O) groups is 2. The van der Waals surface area contributed by atoms with Crippen LogP contribution >= 0.6 is 0 Å². The highest BCUT2D eigenvalue weighted by molar-refractivity contribution is 6.05. The van der Waals surface area contributed by atoms with E-state index in [-0.39, 0.29) is 35.5 Å². The van der Waals surface area contributed by atoms with Crippen molar-refractivity contribution in [1.29, 1.82) is 0 Å². The van der Waals surface area contributed by atoms with Crippen LogP contribution in [-0.4, -0.2) is 22.0 Å². The van der Waals surface area contributed by atoms with Crippen LogP contribution in [0.5, 0.6) is 11.5 Å². The lowest BCUT2D eigenvalue weighted by Crippen LogP contribution is -2.41. The Bertz CT molecular complexity index is 1990. The van der Waals surface area contributed by atoms with Crippen molar-refractivity contribution in [3.05, 3.63) is 167 Å². The highest BCUT2D eigenvalue weighted by Gasteiger charge is 2.32. The second kappa shape index (κ2) is 11.9. The van der Waals surface area contributed by atoms with Crippen LogP contribution in [-0.2, 0) is 12.8 Å². The molecule has 4 bridgehead atoms. The Morgan fingerprint density at radius 2 is 0.913 bits per heavy atom. The van der Waals surface area contributed by atoms with Crippen molar-refractivity contribution in [2.24, 2.45) is 0 Å². The lowest BCUT2D eigenvalue weighted by Gasteiger charge is -2.30. The van der Waals surface area contributed by atoms with Crippen molar-refractivity contribution in [2.75, 3.05) is 0 Å². The van der Waals surface area contributed by atoms with Crippen molar-refractivity contribution < 1.29 is 19.8 Å². The smallest absolute Gasteiger partial charge is 0.255 e. The number of hydrogen-bond donors (Lipinski definition) is 4. The van der Waals surface area contributed by atoms with Crippen LogP contribution in [0.1, 0.15) is 55.1 Å². The van der Waals surface area contributed by atoms with Gasteiger partial charge < -0.3 is 20.8 Å². The SMILES string of the molecule is C=C1Cc2c(O)c(cc3ccccc23)C(=O)NC(c2ccccc2)[C@H](c2ccccc2)NC(=O)c2cc3ccccc3c(c2O)C1. The van der Waals surface area contributed by atoms with E-state index in [0.29, 0.717) is 16.7 Å². The molecular weight excluding hydrogens is 572 g/mol. The van der Waals surface area contributed by atoms with E-state index in [1.54, 1.807) is 12.1 Å². The second-order valence-corrected chi connectivity index (χ2v) is 11.8. The number of rotatable bonds is 2. The standard InChI is InChI=1S/C40H32N2O4/c1-24-20-31-29-18-10-8-16-27(29)22-33(37(31)43)39(45)41-35(25-12-4-2-5-13-25)36(26-14-6-3-7-15-26)42-40(46)34-23-28-17-9-11-19-30(28)32(21-24)38(34)44/h2-19,22-23,35-36,43-44H,1,20-21H2,(H,41,45)(H,42,46)/t35-,36?/m0/s1. The van der Waals surface area contributed by atoms with E-state index in [0.717, 1.165) is 32.7 Å². The third-order valence-corrected chi connectivity index (χ3v) is 8.82. The van der Waals surface area contributed by atoms with Crippen LogP contribution in [0, 0.1) is 0 Å². The molecule has 6 nitrogen and oxygen atoms in total. The molecule has 6 heteroatoms. The number of phenols is 2. The van der Waals surface area contributed by atoms with E-state index >= 15 is 0 Å². The van der Waals surface area contributed by atoms with Gasteiger partial charge in [0.05, 0.1) is 23.2 Å². The van der Waals surface area contributed by atoms with Gasteiger partial charge in [-0.3, -0.25) is 9.59 Å². The minimum Gasteiger partial charge on any atom is -0.507 e. The van der Waals surface area contributed by atoms with Gasteiger partial charge in [0.15, 0.2) is 0 Å². The van der Waals surface area contributed by atoms with Crippen LogP contribution < -0.4 is 10.6 Å². The van der Waals surface area contributed by atoms with Gasteiger partial charge in [0.25, 0.3) is 11.8 Å². The molecule has 0 saturated heterocycles. The molecule has 0 aliphatic carbocycles. The fourth-order valence-electron chi connectivity index (χ4n) is 6.57. The van der Waals surface area contributed by atoms with E-state index in [1.807, 2.05) is 109 Å². The molecule has 0 saturated carbocycles. The number of hydrogen-bond acceptors (Lipinski definition) is 4. The molecule has 0 aromatic heterocycles. The Labute approximate surface area is 266 Å². The zero-order chi connectivity index (χ0) is 31.8. The van der Waals surface area contributed by atoms with Gasteiger partial charge in [-0.25, -0.2) is 0 Å². The number of phenolic OH excluding ortho intramolecular Hbond substituents is 2. The predicted molar refractivity (Wildman–Crippen MR) is 181 cm³/mol. The van der Waals surface area contributed by atoms with E-state index in [1.165, 1.54) is 0 Å². The van der Waals surface area contributed by atoms with Crippen LogP contribution in [0.3, 0.4) is 0 Å². The number of aromatic hydroxyl groups is 2. The number of allylic oxidation sites excluding steroid dienone is 1. The summed E-state index contributed by atoms with van der Waals surface area (Å²) in [5, 5.41) is 33.0. The molecule has 0 radical (unpaired) electrons. The van der Waals surface area contributed by atoms with Gasteiger partial charge >= 0.3 is 0 Å². The van der Waals surface area contributed by atoms with Gasteiger partial charge in [0, 0.05) is 11.1 Å². The first-order valence-corrected chi connectivity index (χ1v) is 15.2. The molecule has 6 aromatic rings. The van der Waals surface area contributed by atoms with Gasteiger partial charge in [-0.05, 0) is 57.6 Å². The summed E-state index contributed by atoms with van der Waals surface area (Å²) < 4.78 is 0. The molecule has 1 heterocycles. The Morgan fingerprint density at radius 3 is 1.33 bits per heavy atom. The molecule has 226 valence electrons. The molecule has 0 spiro atoms. The molecule has 1 aliphatic heterocycles. The fourth-order valence-corrected chi connectivity index (χ4v) is 6.57. The van der Waals surface area contributed by atoms with Gasteiger partial charge in [-0.15, -0.1) is 0 Å². The highest BCUT2D eigenvalue weighted by atomic mass is 16.3. The first kappa shape index (κ1) is 28.9. The first-order chi connectivity index (χ1) is 22.4. The van der Waals surface area contributed by atoms with E-state index in [2.05, 4.69) is 17.2 Å². The van der Waals surface area contributed by atoms with Gasteiger partial charge in [-0.1, -0.05) is 121 Å². The van der Waals surface area contributed by atoms with E-state index in [4.69, 9.17) is 0 Å². The molecule has 1 unspecified atom stereocenters. The average molecular weight is 605 g/mol. The number of fused-ring (bicyclic) bond motifs is 8. The molecule has 2 atom stereocenters. The summed E-state index contributed by atoms with van der Waals surface area (Å²) in [4.78, 5) is 28.4.